The van der Waals surface area contributed by atoms with Crippen LogP contribution in [0.5, 0.6) is 0 Å². The van der Waals surface area contributed by atoms with Crippen LogP contribution in [0.4, 0.5) is 0 Å². The lowest BCUT2D eigenvalue weighted by Gasteiger charge is -1.96. The smallest absolute Gasteiger partial charge is 0.0764 e. The van der Waals surface area contributed by atoms with E-state index in [0.29, 0.717) is 22.9 Å². The van der Waals surface area contributed by atoms with Crippen LogP contribution in [0.3, 0.4) is 0 Å². The lowest BCUT2D eigenvalue weighted by molar-refractivity contribution is 1.26. The molecule has 12 heavy (non-hydrogen) atoms. The minimum atomic E-state index is 0.487. The molecule has 0 N–H and O–H groups in total. The molecule has 0 saturated carbocycles. The van der Waals surface area contributed by atoms with Crippen molar-refractivity contribution in [2.45, 2.75) is 11.8 Å². The van der Waals surface area contributed by atoms with Gasteiger partial charge in [-0.2, -0.15) is 0 Å². The summed E-state index contributed by atoms with van der Waals surface area (Å²) in [5, 5.41) is 0. The van der Waals surface area contributed by atoms with Gasteiger partial charge in [0.15, 0.2) is 0 Å². The molecule has 62 valence electrons. The minimum Gasteiger partial charge on any atom is -0.142 e. The molecule has 0 radical (unpaired) electrons. The van der Waals surface area contributed by atoms with Gasteiger partial charge in [-0.15, -0.1) is 12.6 Å². The first kappa shape index (κ1) is 10.5. The Bertz CT molecular complexity index is 469. The quantitative estimate of drug-likeness (QED) is 0.542. The fourth-order valence-electron chi connectivity index (χ4n) is 0.762. The largest absolute Gasteiger partial charge is 0.142 e. The fourth-order valence-corrected chi connectivity index (χ4v) is 2.18. The van der Waals surface area contributed by atoms with Crippen molar-refractivity contribution >= 4 is 61.5 Å². The van der Waals surface area contributed by atoms with Crippen molar-refractivity contribution < 1.29 is 0 Å². The van der Waals surface area contributed by atoms with Gasteiger partial charge in [0.05, 0.1) is 18.0 Å². The maximum absolute atomic E-state index is 5.06. The van der Waals surface area contributed by atoms with Gasteiger partial charge in [0.25, 0.3) is 0 Å². The standard InChI is InChI=1S/C7H4S5/c1-2-3(8)5(10)7(12)6(11)4(2)9/h8H,1H3. The molecular weight excluding hydrogens is 244 g/mol. The molecule has 0 fully saturated rings. The molecule has 0 aliphatic rings. The molecule has 1 aromatic rings. The van der Waals surface area contributed by atoms with E-state index in [1.54, 1.807) is 0 Å². The zero-order chi connectivity index (χ0) is 9.46. The third kappa shape index (κ3) is 1.56. The molecule has 0 spiro atoms. The molecule has 0 aromatic heterocycles. The lowest BCUT2D eigenvalue weighted by atomic mass is 10.2. The molecule has 0 bridgehead atoms. The van der Waals surface area contributed by atoms with E-state index < -0.39 is 0 Å². The van der Waals surface area contributed by atoms with Crippen molar-refractivity contribution in [3.8, 4) is 0 Å². The highest BCUT2D eigenvalue weighted by molar-refractivity contribution is 7.81. The van der Waals surface area contributed by atoms with Gasteiger partial charge in [0, 0.05) is 4.90 Å². The van der Waals surface area contributed by atoms with Gasteiger partial charge in [0.1, 0.15) is 0 Å². The van der Waals surface area contributed by atoms with Gasteiger partial charge in [-0.05, 0) is 12.5 Å². The van der Waals surface area contributed by atoms with Gasteiger partial charge in [-0.25, -0.2) is 0 Å². The van der Waals surface area contributed by atoms with Crippen molar-refractivity contribution in [1.82, 2.24) is 0 Å². The fraction of sp³-hybridized carbons (Fsp3) is 0.143. The highest BCUT2D eigenvalue weighted by Crippen LogP contribution is 2.18. The molecule has 1 rings (SSSR count). The summed E-state index contributed by atoms with van der Waals surface area (Å²) in [4.78, 5) is 0.689. The summed E-state index contributed by atoms with van der Waals surface area (Å²) >= 11 is 24.3. The first-order chi connectivity index (χ1) is 5.46. The Kier molecular flexibility index (Phi) is 3.22. The molecule has 0 atom stereocenters. The van der Waals surface area contributed by atoms with Gasteiger partial charge in [0.2, 0.25) is 0 Å². The highest BCUT2D eigenvalue weighted by atomic mass is 32.1. The molecule has 0 nitrogen and oxygen atoms in total. The van der Waals surface area contributed by atoms with Crippen LogP contribution in [0.2, 0.25) is 0 Å². The second kappa shape index (κ2) is 3.67. The van der Waals surface area contributed by atoms with E-state index in [1.807, 2.05) is 6.92 Å². The second-order valence-electron chi connectivity index (χ2n) is 2.29. The van der Waals surface area contributed by atoms with Crippen molar-refractivity contribution in [2.24, 2.45) is 0 Å². The Labute approximate surface area is 96.4 Å². The number of thiol groups is 1. The minimum absolute atomic E-state index is 0.487. The second-order valence-corrected chi connectivity index (χ2v) is 4.37. The molecule has 0 heterocycles. The predicted octanol–water partition coefficient (Wildman–Crippen LogP) is 4.08. The third-order valence-electron chi connectivity index (χ3n) is 1.53. The van der Waals surface area contributed by atoms with E-state index in [2.05, 4.69) is 12.6 Å². The molecular formula is C7H4S5. The summed E-state index contributed by atoms with van der Waals surface area (Å²) < 4.78 is 2.15. The average Bonchev–Trinajstić information content (AvgIpc) is 2.08. The van der Waals surface area contributed by atoms with Crippen LogP contribution in [-0.4, -0.2) is 0 Å². The summed E-state index contributed by atoms with van der Waals surface area (Å²) in [5.41, 5.74) is 0.858. The first-order valence-corrected chi connectivity index (χ1v) is 5.12. The Morgan fingerprint density at radius 2 is 1.25 bits per heavy atom. The molecule has 0 aliphatic heterocycles. The van der Waals surface area contributed by atoms with Crippen LogP contribution < -0.4 is 0 Å². The number of rotatable bonds is 0. The Balaban J connectivity index is 4.15. The van der Waals surface area contributed by atoms with Crippen molar-refractivity contribution in [3.63, 3.8) is 0 Å². The maximum atomic E-state index is 5.06. The van der Waals surface area contributed by atoms with Crippen molar-refractivity contribution in [1.29, 1.82) is 0 Å². The monoisotopic (exact) mass is 248 g/mol. The normalized spacial score (nSPS) is 10.2. The third-order valence-corrected chi connectivity index (χ3v) is 4.36. The number of benzene rings is 1. The van der Waals surface area contributed by atoms with Crippen LogP contribution >= 0.6 is 61.5 Å². The maximum Gasteiger partial charge on any atom is 0.0764 e. The van der Waals surface area contributed by atoms with Gasteiger partial charge >= 0.3 is 0 Å². The molecule has 0 aliphatic carbocycles. The SMILES string of the molecule is Cc1c(S)c(=S)c(=S)c(=S)c1=S. The van der Waals surface area contributed by atoms with E-state index in [9.17, 15) is 0 Å². The average molecular weight is 248 g/mol. The zero-order valence-electron chi connectivity index (χ0n) is 6.08. The molecule has 0 amide bonds. The Hall–Kier alpha value is 0.450. The lowest BCUT2D eigenvalue weighted by Crippen LogP contribution is -1.82. The first-order valence-electron chi connectivity index (χ1n) is 3.04. The van der Waals surface area contributed by atoms with Crippen LogP contribution in [0, 0.1) is 25.0 Å². The van der Waals surface area contributed by atoms with E-state index in [0.717, 1.165) is 5.56 Å². The molecule has 1 aromatic carbocycles. The van der Waals surface area contributed by atoms with E-state index in [1.165, 1.54) is 0 Å². The summed E-state index contributed by atoms with van der Waals surface area (Å²) in [6.45, 7) is 1.85. The van der Waals surface area contributed by atoms with Crippen LogP contribution in [0.1, 0.15) is 5.56 Å². The van der Waals surface area contributed by atoms with Gasteiger partial charge in [-0.1, -0.05) is 48.9 Å². The molecule has 0 unspecified atom stereocenters. The van der Waals surface area contributed by atoms with Gasteiger partial charge < -0.3 is 0 Å². The Morgan fingerprint density at radius 1 is 0.833 bits per heavy atom. The topological polar surface area (TPSA) is 0 Å². The van der Waals surface area contributed by atoms with Crippen LogP contribution in [0.15, 0.2) is 4.90 Å². The summed E-state index contributed by atoms with van der Waals surface area (Å²) in [5.74, 6) is 0. The summed E-state index contributed by atoms with van der Waals surface area (Å²) in [7, 11) is 0. The molecule has 5 heteroatoms. The van der Waals surface area contributed by atoms with Crippen molar-refractivity contribution in [3.05, 3.63) is 23.6 Å². The summed E-state index contributed by atoms with van der Waals surface area (Å²) in [6.07, 6.45) is 0. The number of hydrogen-bond donors (Lipinski definition) is 1. The Morgan fingerprint density at radius 3 is 1.75 bits per heavy atom. The highest BCUT2D eigenvalue weighted by Gasteiger charge is 2.01. The van der Waals surface area contributed by atoms with E-state index in [4.69, 9.17) is 48.9 Å². The molecule has 0 saturated heterocycles. The van der Waals surface area contributed by atoms with E-state index >= 15 is 0 Å². The van der Waals surface area contributed by atoms with E-state index in [-0.39, 0.29) is 0 Å². The zero-order valence-corrected chi connectivity index (χ0v) is 10.2. The number of hydrogen-bond acceptors (Lipinski definition) is 5. The summed E-state index contributed by atoms with van der Waals surface area (Å²) in [6, 6.07) is 0. The van der Waals surface area contributed by atoms with Crippen LogP contribution in [0.25, 0.3) is 0 Å². The van der Waals surface area contributed by atoms with Gasteiger partial charge in [-0.3, -0.25) is 0 Å². The predicted molar refractivity (Wildman–Crippen MR) is 64.1 cm³/mol. The van der Waals surface area contributed by atoms with Crippen LogP contribution in [-0.2, 0) is 0 Å². The van der Waals surface area contributed by atoms with Crippen molar-refractivity contribution in [2.75, 3.05) is 0 Å².